The third kappa shape index (κ3) is 8.31. The molecule has 0 radical (unpaired) electrons. The normalized spacial score (nSPS) is 11.7. The van der Waals surface area contributed by atoms with Crippen molar-refractivity contribution < 1.29 is 23.3 Å². The van der Waals surface area contributed by atoms with Crippen LogP contribution in [-0.2, 0) is 6.54 Å². The molecular weight excluding hydrogens is 516 g/mol. The summed E-state index contributed by atoms with van der Waals surface area (Å²) in [6, 6.07) is 9.82. The summed E-state index contributed by atoms with van der Waals surface area (Å²) in [5, 5.41) is 6.44. The summed E-state index contributed by atoms with van der Waals surface area (Å²) in [5.41, 5.74) is 0.908. The van der Waals surface area contributed by atoms with Gasteiger partial charge in [0.25, 0.3) is 0 Å². The Kier molecular flexibility index (Phi) is 11.8. The van der Waals surface area contributed by atoms with Crippen LogP contribution in [0.2, 0.25) is 0 Å². The lowest BCUT2D eigenvalue weighted by Crippen LogP contribution is -2.41. The first kappa shape index (κ1) is 26.6. The quantitative estimate of drug-likeness (QED) is 0.266. The first-order valence-electron chi connectivity index (χ1n) is 9.74. The van der Waals surface area contributed by atoms with E-state index < -0.39 is 0 Å². The number of nitrogens with one attached hydrogen (secondary N) is 2. The maximum atomic E-state index is 13.3. The molecule has 0 saturated heterocycles. The zero-order chi connectivity index (χ0) is 21.9. The van der Waals surface area contributed by atoms with Gasteiger partial charge < -0.3 is 29.6 Å². The smallest absolute Gasteiger partial charge is 0.203 e. The summed E-state index contributed by atoms with van der Waals surface area (Å²) in [7, 11) is 4.73. The van der Waals surface area contributed by atoms with Crippen LogP contribution in [0.1, 0.15) is 19.4 Å². The van der Waals surface area contributed by atoms with Crippen LogP contribution >= 0.6 is 24.0 Å². The summed E-state index contributed by atoms with van der Waals surface area (Å²) in [6.07, 6.45) is -0.183. The van der Waals surface area contributed by atoms with Crippen LogP contribution in [0.4, 0.5) is 4.39 Å². The SMILES string of the molecule is CCNC(=NCc1cc(OC)c(OC)c(OC)c1)NCC(C)Oc1cccc(F)c1.I. The molecule has 0 spiro atoms. The standard InChI is InChI=1S/C22H30FN3O4.HI/c1-6-24-22(25-13-15(2)30-18-9-7-8-17(23)12-18)26-14-16-10-19(27-3)21(29-5)20(11-16)28-4;/h7-12,15H,6,13-14H2,1-5H3,(H2,24,25,26);1H. The molecule has 1 unspecified atom stereocenters. The number of methoxy groups -OCH3 is 3. The van der Waals surface area contributed by atoms with Gasteiger partial charge in [-0.25, -0.2) is 9.38 Å². The Morgan fingerprint density at radius 3 is 2.26 bits per heavy atom. The molecule has 0 fully saturated rings. The molecule has 0 heterocycles. The van der Waals surface area contributed by atoms with E-state index in [1.54, 1.807) is 33.5 Å². The van der Waals surface area contributed by atoms with Crippen LogP contribution in [-0.4, -0.2) is 46.5 Å². The summed E-state index contributed by atoms with van der Waals surface area (Å²) >= 11 is 0. The van der Waals surface area contributed by atoms with Gasteiger partial charge in [0, 0.05) is 12.6 Å². The van der Waals surface area contributed by atoms with Crippen molar-refractivity contribution >= 4 is 29.9 Å². The highest BCUT2D eigenvalue weighted by Crippen LogP contribution is 2.38. The van der Waals surface area contributed by atoms with Crippen molar-refractivity contribution in [3.63, 3.8) is 0 Å². The Bertz CT molecular complexity index is 826. The molecule has 0 aliphatic rings. The van der Waals surface area contributed by atoms with Crippen molar-refractivity contribution in [3.8, 4) is 23.0 Å². The van der Waals surface area contributed by atoms with Gasteiger partial charge in [0.1, 0.15) is 17.7 Å². The third-order valence-corrected chi connectivity index (χ3v) is 4.18. The number of rotatable bonds is 10. The second kappa shape index (κ2) is 13.8. The average molecular weight is 547 g/mol. The van der Waals surface area contributed by atoms with Gasteiger partial charge in [-0.3, -0.25) is 0 Å². The van der Waals surface area contributed by atoms with E-state index in [2.05, 4.69) is 15.6 Å². The van der Waals surface area contributed by atoms with E-state index in [4.69, 9.17) is 18.9 Å². The largest absolute Gasteiger partial charge is 0.493 e. The average Bonchev–Trinajstić information content (AvgIpc) is 2.74. The van der Waals surface area contributed by atoms with Crippen LogP contribution in [0.5, 0.6) is 23.0 Å². The van der Waals surface area contributed by atoms with E-state index in [1.807, 2.05) is 26.0 Å². The van der Waals surface area contributed by atoms with E-state index in [9.17, 15) is 4.39 Å². The first-order chi connectivity index (χ1) is 14.5. The molecule has 9 heteroatoms. The maximum Gasteiger partial charge on any atom is 0.203 e. The monoisotopic (exact) mass is 547 g/mol. The number of hydrogen-bond donors (Lipinski definition) is 2. The summed E-state index contributed by atoms with van der Waals surface area (Å²) in [6.45, 7) is 5.51. The summed E-state index contributed by atoms with van der Waals surface area (Å²) in [4.78, 5) is 4.61. The number of aliphatic imine (C=N–C) groups is 1. The third-order valence-electron chi connectivity index (χ3n) is 4.18. The van der Waals surface area contributed by atoms with Gasteiger partial charge in [0.2, 0.25) is 5.75 Å². The van der Waals surface area contributed by atoms with Gasteiger partial charge in [0.05, 0.1) is 34.4 Å². The molecule has 31 heavy (non-hydrogen) atoms. The van der Waals surface area contributed by atoms with E-state index in [0.29, 0.717) is 48.6 Å². The second-order valence-corrected chi connectivity index (χ2v) is 6.50. The van der Waals surface area contributed by atoms with Crippen LogP contribution in [0.15, 0.2) is 41.4 Å². The van der Waals surface area contributed by atoms with Gasteiger partial charge >= 0.3 is 0 Å². The fourth-order valence-electron chi connectivity index (χ4n) is 2.79. The highest BCUT2D eigenvalue weighted by Gasteiger charge is 2.13. The molecule has 2 aromatic carbocycles. The lowest BCUT2D eigenvalue weighted by atomic mass is 10.2. The number of hydrogen-bond acceptors (Lipinski definition) is 5. The first-order valence-corrected chi connectivity index (χ1v) is 9.74. The van der Waals surface area contributed by atoms with Gasteiger partial charge in [-0.05, 0) is 43.7 Å². The molecule has 0 amide bonds. The number of ether oxygens (including phenoxy) is 4. The van der Waals surface area contributed by atoms with Gasteiger partial charge in [-0.15, -0.1) is 24.0 Å². The fraction of sp³-hybridized carbons (Fsp3) is 0.409. The number of guanidine groups is 1. The zero-order valence-electron chi connectivity index (χ0n) is 18.5. The van der Waals surface area contributed by atoms with E-state index in [1.165, 1.54) is 12.1 Å². The predicted molar refractivity (Wildman–Crippen MR) is 131 cm³/mol. The van der Waals surface area contributed by atoms with Crippen LogP contribution < -0.4 is 29.6 Å². The molecule has 2 N–H and O–H groups in total. The van der Waals surface area contributed by atoms with Crippen molar-refractivity contribution in [2.24, 2.45) is 4.99 Å². The molecular formula is C22H31FIN3O4. The van der Waals surface area contributed by atoms with Gasteiger partial charge in [-0.2, -0.15) is 0 Å². The highest BCUT2D eigenvalue weighted by atomic mass is 127. The van der Waals surface area contributed by atoms with Crippen molar-refractivity contribution in [2.75, 3.05) is 34.4 Å². The highest BCUT2D eigenvalue weighted by molar-refractivity contribution is 14.0. The molecule has 172 valence electrons. The van der Waals surface area contributed by atoms with Gasteiger partial charge in [0.15, 0.2) is 17.5 Å². The molecule has 0 saturated carbocycles. The van der Waals surface area contributed by atoms with Crippen molar-refractivity contribution in [3.05, 3.63) is 47.8 Å². The number of benzene rings is 2. The van der Waals surface area contributed by atoms with Crippen molar-refractivity contribution in [1.82, 2.24) is 10.6 Å². The van der Waals surface area contributed by atoms with Crippen LogP contribution in [0.25, 0.3) is 0 Å². The number of nitrogens with zero attached hydrogens (tertiary/aromatic N) is 1. The molecule has 2 aromatic rings. The second-order valence-electron chi connectivity index (χ2n) is 6.50. The van der Waals surface area contributed by atoms with Crippen LogP contribution in [0, 0.1) is 5.82 Å². The summed E-state index contributed by atoms with van der Waals surface area (Å²) < 4.78 is 35.2. The Balaban J connectivity index is 0.00000480. The minimum absolute atomic E-state index is 0. The topological polar surface area (TPSA) is 73.3 Å². The Morgan fingerprint density at radius 1 is 1.03 bits per heavy atom. The maximum absolute atomic E-state index is 13.3. The summed E-state index contributed by atoms with van der Waals surface area (Å²) in [5.74, 6) is 2.51. The van der Waals surface area contributed by atoms with E-state index in [-0.39, 0.29) is 35.9 Å². The van der Waals surface area contributed by atoms with E-state index >= 15 is 0 Å². The Morgan fingerprint density at radius 2 is 1.71 bits per heavy atom. The molecule has 0 aliphatic heterocycles. The van der Waals surface area contributed by atoms with E-state index in [0.717, 1.165) is 5.56 Å². The molecule has 1 atom stereocenters. The predicted octanol–water partition coefficient (Wildman–Crippen LogP) is 3.99. The van der Waals surface area contributed by atoms with Crippen molar-refractivity contribution in [2.45, 2.75) is 26.5 Å². The minimum Gasteiger partial charge on any atom is -0.493 e. The zero-order valence-corrected chi connectivity index (χ0v) is 20.9. The molecule has 2 rings (SSSR count). The lowest BCUT2D eigenvalue weighted by Gasteiger charge is -2.18. The molecule has 7 nitrogen and oxygen atoms in total. The molecule has 0 aliphatic carbocycles. The lowest BCUT2D eigenvalue weighted by molar-refractivity contribution is 0.223. The number of halogens is 2. The Hall–Kier alpha value is -2.43. The van der Waals surface area contributed by atoms with Crippen LogP contribution in [0.3, 0.4) is 0 Å². The van der Waals surface area contributed by atoms with Crippen molar-refractivity contribution in [1.29, 1.82) is 0 Å². The Labute approximate surface area is 200 Å². The fourth-order valence-corrected chi connectivity index (χ4v) is 2.79. The molecule has 0 aromatic heterocycles. The minimum atomic E-state index is -0.326. The molecule has 0 bridgehead atoms. The van der Waals surface area contributed by atoms with Gasteiger partial charge in [-0.1, -0.05) is 6.07 Å².